The molecule has 0 aliphatic carbocycles. The summed E-state index contributed by atoms with van der Waals surface area (Å²) in [5, 5.41) is 15.7. The zero-order valence-corrected chi connectivity index (χ0v) is 11.2. The lowest BCUT2D eigenvalue weighted by atomic mass is 10.2. The van der Waals surface area contributed by atoms with Crippen LogP contribution in [0.5, 0.6) is 0 Å². The van der Waals surface area contributed by atoms with Gasteiger partial charge in [-0.3, -0.25) is 4.79 Å². The molecule has 102 valence electrons. The maximum Gasteiger partial charge on any atom is 0.234 e. The van der Waals surface area contributed by atoms with Gasteiger partial charge in [0.2, 0.25) is 10.9 Å². The fourth-order valence-corrected chi connectivity index (χ4v) is 2.86. The van der Waals surface area contributed by atoms with Gasteiger partial charge in [0.05, 0.1) is 6.10 Å². The van der Waals surface area contributed by atoms with Crippen LogP contribution in [0.3, 0.4) is 0 Å². The molecular weight excluding hydrogens is 266 g/mol. The molecule has 0 spiro atoms. The van der Waals surface area contributed by atoms with Crippen molar-refractivity contribution in [1.82, 2.24) is 25.1 Å². The summed E-state index contributed by atoms with van der Waals surface area (Å²) in [7, 11) is 0. The summed E-state index contributed by atoms with van der Waals surface area (Å²) in [5.41, 5.74) is 0. The maximum atomic E-state index is 11.7. The summed E-state index contributed by atoms with van der Waals surface area (Å²) in [6.07, 6.45) is 4.96. The maximum absolute atomic E-state index is 11.7. The van der Waals surface area contributed by atoms with E-state index >= 15 is 0 Å². The monoisotopic (exact) mass is 281 g/mol. The van der Waals surface area contributed by atoms with Gasteiger partial charge in [-0.25, -0.2) is 0 Å². The number of nitrogens with one attached hydrogen (secondary N) is 1. The lowest BCUT2D eigenvalue weighted by Gasteiger charge is -2.10. The molecule has 1 atom stereocenters. The minimum atomic E-state index is 0.0430. The van der Waals surface area contributed by atoms with Crippen molar-refractivity contribution in [3.63, 3.8) is 0 Å². The third-order valence-electron chi connectivity index (χ3n) is 3.05. The molecular formula is C11H15N5O2S. The molecule has 1 saturated heterocycles. The molecule has 2 aromatic heterocycles. The van der Waals surface area contributed by atoms with Gasteiger partial charge in [-0.15, -0.1) is 10.2 Å². The van der Waals surface area contributed by atoms with E-state index in [2.05, 4.69) is 20.6 Å². The van der Waals surface area contributed by atoms with Crippen LogP contribution in [0.1, 0.15) is 24.3 Å². The first-order chi connectivity index (χ1) is 9.31. The lowest BCUT2D eigenvalue weighted by Crippen LogP contribution is -2.31. The highest BCUT2D eigenvalue weighted by molar-refractivity contribution is 7.16. The van der Waals surface area contributed by atoms with E-state index in [1.807, 2.05) is 0 Å². The quantitative estimate of drug-likeness (QED) is 0.858. The zero-order valence-electron chi connectivity index (χ0n) is 10.4. The molecule has 2 aromatic rings. The van der Waals surface area contributed by atoms with Crippen molar-refractivity contribution in [2.75, 3.05) is 13.2 Å². The average Bonchev–Trinajstić information content (AvgIpc) is 3.09. The van der Waals surface area contributed by atoms with E-state index in [9.17, 15) is 4.79 Å². The summed E-state index contributed by atoms with van der Waals surface area (Å²) in [4.78, 5) is 12.5. The summed E-state index contributed by atoms with van der Waals surface area (Å²) in [5.74, 6) is 0.0430. The minimum Gasteiger partial charge on any atom is -0.376 e. The van der Waals surface area contributed by atoms with Gasteiger partial charge in [0.15, 0.2) is 0 Å². The van der Waals surface area contributed by atoms with Crippen LogP contribution in [0.2, 0.25) is 0 Å². The first-order valence-electron chi connectivity index (χ1n) is 6.35. The average molecular weight is 281 g/mol. The second-order valence-corrected chi connectivity index (χ2v) is 5.53. The Kier molecular flexibility index (Phi) is 3.69. The zero-order chi connectivity index (χ0) is 13.1. The smallest absolute Gasteiger partial charge is 0.234 e. The predicted molar refractivity (Wildman–Crippen MR) is 69.0 cm³/mol. The predicted octanol–water partition coefficient (Wildman–Crippen LogP) is 0.414. The van der Waals surface area contributed by atoms with Crippen molar-refractivity contribution in [1.29, 1.82) is 0 Å². The third-order valence-corrected chi connectivity index (χ3v) is 4.02. The van der Waals surface area contributed by atoms with Crippen LogP contribution in [0.4, 0.5) is 0 Å². The van der Waals surface area contributed by atoms with Crippen LogP contribution in [0.25, 0.3) is 4.96 Å². The van der Waals surface area contributed by atoms with Crippen LogP contribution in [0.15, 0.2) is 6.33 Å². The van der Waals surface area contributed by atoms with Crippen LogP contribution in [0, 0.1) is 0 Å². The molecule has 1 fully saturated rings. The number of hydrogen-bond acceptors (Lipinski definition) is 6. The van der Waals surface area contributed by atoms with Crippen LogP contribution < -0.4 is 5.32 Å². The van der Waals surface area contributed by atoms with Crippen molar-refractivity contribution in [2.24, 2.45) is 0 Å². The van der Waals surface area contributed by atoms with Gasteiger partial charge in [-0.2, -0.15) is 9.61 Å². The minimum absolute atomic E-state index is 0.0430. The van der Waals surface area contributed by atoms with Crippen LogP contribution >= 0.6 is 11.3 Å². The fourth-order valence-electron chi connectivity index (χ4n) is 2.04. The lowest BCUT2D eigenvalue weighted by molar-refractivity contribution is -0.121. The van der Waals surface area contributed by atoms with Gasteiger partial charge >= 0.3 is 0 Å². The number of ether oxygens (including phenoxy) is 1. The summed E-state index contributed by atoms with van der Waals surface area (Å²) >= 11 is 1.46. The highest BCUT2D eigenvalue weighted by Crippen LogP contribution is 2.13. The molecule has 3 rings (SSSR count). The van der Waals surface area contributed by atoms with E-state index < -0.39 is 0 Å². The van der Waals surface area contributed by atoms with E-state index in [0.29, 0.717) is 19.4 Å². The number of amides is 1. The number of carbonyl (C=O) groups excluding carboxylic acids is 1. The highest BCUT2D eigenvalue weighted by Gasteiger charge is 2.16. The first-order valence-corrected chi connectivity index (χ1v) is 7.17. The third kappa shape index (κ3) is 3.07. The molecule has 1 aliphatic rings. The number of hydrogen-bond donors (Lipinski definition) is 1. The van der Waals surface area contributed by atoms with E-state index in [4.69, 9.17) is 4.74 Å². The molecule has 8 heteroatoms. The van der Waals surface area contributed by atoms with Gasteiger partial charge in [-0.05, 0) is 12.8 Å². The summed E-state index contributed by atoms with van der Waals surface area (Å²) in [6, 6.07) is 0. The standard InChI is InChI=1S/C11H15N5O2S/c17-9(12-6-8-2-1-5-18-8)3-4-10-15-16-7-13-14-11(16)19-10/h7-8H,1-6H2,(H,12,17). The van der Waals surface area contributed by atoms with Crippen molar-refractivity contribution in [3.8, 4) is 0 Å². The van der Waals surface area contributed by atoms with Crippen molar-refractivity contribution >= 4 is 22.2 Å². The molecule has 0 bridgehead atoms. The van der Waals surface area contributed by atoms with Crippen molar-refractivity contribution in [3.05, 3.63) is 11.3 Å². The van der Waals surface area contributed by atoms with E-state index in [1.165, 1.54) is 11.3 Å². The molecule has 3 heterocycles. The Morgan fingerprint density at radius 1 is 1.63 bits per heavy atom. The van der Waals surface area contributed by atoms with Gasteiger partial charge < -0.3 is 10.1 Å². The number of aryl methyl sites for hydroxylation is 1. The summed E-state index contributed by atoms with van der Waals surface area (Å²) in [6.45, 7) is 1.43. The van der Waals surface area contributed by atoms with E-state index in [0.717, 1.165) is 29.4 Å². The first kappa shape index (κ1) is 12.5. The second kappa shape index (κ2) is 5.62. The fraction of sp³-hybridized carbons (Fsp3) is 0.636. The second-order valence-electron chi connectivity index (χ2n) is 4.49. The molecule has 1 N–H and O–H groups in total. The number of rotatable bonds is 5. The van der Waals surface area contributed by atoms with Gasteiger partial charge in [0.1, 0.15) is 11.3 Å². The number of carbonyl (C=O) groups is 1. The Bertz CT molecular complexity index is 532. The molecule has 0 aromatic carbocycles. The SMILES string of the molecule is O=C(CCc1nn2cnnc2s1)NCC1CCCO1. The van der Waals surface area contributed by atoms with E-state index in [-0.39, 0.29) is 12.0 Å². The van der Waals surface area contributed by atoms with Crippen molar-refractivity contribution in [2.45, 2.75) is 31.8 Å². The van der Waals surface area contributed by atoms with Gasteiger partial charge in [0.25, 0.3) is 0 Å². The number of nitrogens with zero attached hydrogens (tertiary/aromatic N) is 4. The van der Waals surface area contributed by atoms with E-state index in [1.54, 1.807) is 10.8 Å². The molecule has 1 amide bonds. The molecule has 19 heavy (non-hydrogen) atoms. The van der Waals surface area contributed by atoms with Gasteiger partial charge in [0, 0.05) is 26.0 Å². The van der Waals surface area contributed by atoms with Crippen molar-refractivity contribution < 1.29 is 9.53 Å². The Morgan fingerprint density at radius 2 is 2.58 bits per heavy atom. The van der Waals surface area contributed by atoms with Crippen LogP contribution in [-0.4, -0.2) is 45.0 Å². The molecule has 0 saturated carbocycles. The Morgan fingerprint density at radius 3 is 3.37 bits per heavy atom. The molecule has 1 unspecified atom stereocenters. The van der Waals surface area contributed by atoms with Gasteiger partial charge in [-0.1, -0.05) is 11.3 Å². The highest BCUT2D eigenvalue weighted by atomic mass is 32.1. The summed E-state index contributed by atoms with van der Waals surface area (Å²) < 4.78 is 7.08. The Labute approximate surface area is 114 Å². The Balaban J connectivity index is 1.43. The Hall–Kier alpha value is -1.54. The normalized spacial score (nSPS) is 19.1. The number of aromatic nitrogens is 4. The molecule has 1 aliphatic heterocycles. The number of fused-ring (bicyclic) bond motifs is 1. The molecule has 0 radical (unpaired) electrons. The van der Waals surface area contributed by atoms with Crippen LogP contribution in [-0.2, 0) is 16.0 Å². The largest absolute Gasteiger partial charge is 0.376 e. The molecule has 7 nitrogen and oxygen atoms in total. The topological polar surface area (TPSA) is 81.4 Å².